The van der Waals surface area contributed by atoms with E-state index in [1.807, 2.05) is 6.92 Å². The fraction of sp³-hybridized carbons (Fsp3) is 0.600. The summed E-state index contributed by atoms with van der Waals surface area (Å²) in [6.45, 7) is 12.8. The normalized spacial score (nSPS) is 14.1. The summed E-state index contributed by atoms with van der Waals surface area (Å²) in [7, 11) is -1.96. The van der Waals surface area contributed by atoms with E-state index in [4.69, 9.17) is 4.43 Å². The number of rotatable bonds is 5. The molecular formula is C15H25NO3Si. The number of carbonyl (C=O) groups is 1. The summed E-state index contributed by atoms with van der Waals surface area (Å²) in [5.74, 6) is -0.953. The van der Waals surface area contributed by atoms with Crippen LogP contribution in [0, 0.1) is 0 Å². The van der Waals surface area contributed by atoms with E-state index < -0.39 is 14.3 Å². The van der Waals surface area contributed by atoms with Gasteiger partial charge in [0, 0.05) is 6.20 Å². The molecule has 0 bridgehead atoms. The van der Waals surface area contributed by atoms with Crippen molar-refractivity contribution < 1.29 is 14.3 Å². The molecule has 0 amide bonds. The Labute approximate surface area is 122 Å². The van der Waals surface area contributed by atoms with Crippen molar-refractivity contribution in [2.24, 2.45) is 0 Å². The molecule has 1 unspecified atom stereocenters. The van der Waals surface area contributed by atoms with Gasteiger partial charge >= 0.3 is 5.97 Å². The number of carboxylic acids is 1. The molecule has 1 N–H and O–H groups in total. The van der Waals surface area contributed by atoms with Gasteiger partial charge in [-0.25, -0.2) is 4.79 Å². The monoisotopic (exact) mass is 295 g/mol. The summed E-state index contributed by atoms with van der Waals surface area (Å²) < 4.78 is 6.34. The molecule has 0 aliphatic heterocycles. The van der Waals surface area contributed by atoms with Crippen molar-refractivity contribution in [3.8, 4) is 0 Å². The molecule has 1 aromatic rings. The highest BCUT2D eigenvalue weighted by atomic mass is 28.4. The van der Waals surface area contributed by atoms with Gasteiger partial charge in [-0.3, -0.25) is 4.98 Å². The van der Waals surface area contributed by atoms with Crippen LogP contribution in [-0.4, -0.2) is 24.4 Å². The molecule has 1 heterocycles. The Morgan fingerprint density at radius 2 is 2.05 bits per heavy atom. The zero-order chi connectivity index (χ0) is 15.6. The van der Waals surface area contributed by atoms with Crippen LogP contribution in [-0.2, 0) is 4.43 Å². The van der Waals surface area contributed by atoms with Crippen LogP contribution in [0.2, 0.25) is 18.1 Å². The van der Waals surface area contributed by atoms with E-state index in [-0.39, 0.29) is 16.7 Å². The molecule has 112 valence electrons. The van der Waals surface area contributed by atoms with Crippen molar-refractivity contribution in [3.63, 3.8) is 0 Å². The Bertz CT molecular complexity index is 480. The minimum absolute atomic E-state index is 0.0819. The van der Waals surface area contributed by atoms with Crippen LogP contribution >= 0.6 is 0 Å². The lowest BCUT2D eigenvalue weighted by atomic mass is 10.1. The quantitative estimate of drug-likeness (QED) is 0.825. The van der Waals surface area contributed by atoms with Gasteiger partial charge in [0.1, 0.15) is 0 Å². The molecule has 1 atom stereocenters. The van der Waals surface area contributed by atoms with Gasteiger partial charge in [0.15, 0.2) is 8.32 Å². The van der Waals surface area contributed by atoms with E-state index in [0.717, 1.165) is 0 Å². The summed E-state index contributed by atoms with van der Waals surface area (Å²) >= 11 is 0. The maximum atomic E-state index is 11.3. The minimum atomic E-state index is -1.96. The van der Waals surface area contributed by atoms with Crippen LogP contribution in [0.3, 0.4) is 0 Å². The standard InChI is InChI=1S/C15H25NO3Si/c1-7-12(19-20(5,6)15(2,3)4)13-11(14(17)18)9-8-10-16-13/h8-10,12H,7H2,1-6H3,(H,17,18). The van der Waals surface area contributed by atoms with E-state index in [9.17, 15) is 9.90 Å². The lowest BCUT2D eigenvalue weighted by Crippen LogP contribution is -2.42. The van der Waals surface area contributed by atoms with Gasteiger partial charge < -0.3 is 9.53 Å². The summed E-state index contributed by atoms with van der Waals surface area (Å²) in [4.78, 5) is 15.6. The SMILES string of the molecule is CCC(O[Si](C)(C)C(C)(C)C)c1ncccc1C(=O)O. The van der Waals surface area contributed by atoms with Gasteiger partial charge in [0.05, 0.1) is 17.4 Å². The van der Waals surface area contributed by atoms with Crippen LogP contribution in [0.5, 0.6) is 0 Å². The van der Waals surface area contributed by atoms with Crippen molar-refractivity contribution >= 4 is 14.3 Å². The fourth-order valence-corrected chi connectivity index (χ4v) is 3.06. The van der Waals surface area contributed by atoms with E-state index in [1.165, 1.54) is 0 Å². The van der Waals surface area contributed by atoms with Crippen LogP contribution < -0.4 is 0 Å². The largest absolute Gasteiger partial charge is 0.478 e. The highest BCUT2D eigenvalue weighted by molar-refractivity contribution is 6.74. The first-order chi connectivity index (χ1) is 9.10. The number of hydrogen-bond donors (Lipinski definition) is 1. The first-order valence-electron chi connectivity index (χ1n) is 6.96. The van der Waals surface area contributed by atoms with Gasteiger partial charge in [-0.15, -0.1) is 0 Å². The van der Waals surface area contributed by atoms with Crippen molar-refractivity contribution in [2.45, 2.75) is 58.4 Å². The molecule has 20 heavy (non-hydrogen) atoms. The van der Waals surface area contributed by atoms with E-state index in [2.05, 4.69) is 38.8 Å². The molecule has 1 rings (SSSR count). The Morgan fingerprint density at radius 1 is 1.45 bits per heavy atom. The number of aromatic nitrogens is 1. The second-order valence-electron chi connectivity index (χ2n) is 6.52. The molecule has 0 saturated heterocycles. The number of nitrogens with zero attached hydrogens (tertiary/aromatic N) is 1. The molecule has 0 aliphatic rings. The minimum Gasteiger partial charge on any atom is -0.478 e. The Morgan fingerprint density at radius 3 is 2.50 bits per heavy atom. The summed E-state index contributed by atoms with van der Waals surface area (Å²) in [6.07, 6.45) is 2.08. The number of pyridine rings is 1. The summed E-state index contributed by atoms with van der Waals surface area (Å²) in [5, 5.41) is 9.37. The molecule has 4 nitrogen and oxygen atoms in total. The number of aromatic carboxylic acids is 1. The first kappa shape index (κ1) is 16.9. The predicted molar refractivity (Wildman–Crippen MR) is 82.5 cm³/mol. The van der Waals surface area contributed by atoms with Crippen LogP contribution in [0.15, 0.2) is 18.3 Å². The smallest absolute Gasteiger partial charge is 0.337 e. The number of hydrogen-bond acceptors (Lipinski definition) is 3. The molecule has 0 radical (unpaired) electrons. The first-order valence-corrected chi connectivity index (χ1v) is 9.87. The van der Waals surface area contributed by atoms with E-state index >= 15 is 0 Å². The van der Waals surface area contributed by atoms with Crippen molar-refractivity contribution in [1.29, 1.82) is 0 Å². The maximum Gasteiger partial charge on any atom is 0.337 e. The fourth-order valence-electron chi connectivity index (χ4n) is 1.72. The lowest BCUT2D eigenvalue weighted by molar-refractivity contribution is 0.0688. The van der Waals surface area contributed by atoms with Gasteiger partial charge in [-0.1, -0.05) is 27.7 Å². The molecule has 0 aliphatic carbocycles. The van der Waals surface area contributed by atoms with E-state index in [0.29, 0.717) is 12.1 Å². The van der Waals surface area contributed by atoms with Gasteiger partial charge in [0.2, 0.25) is 0 Å². The van der Waals surface area contributed by atoms with Crippen molar-refractivity contribution in [1.82, 2.24) is 4.98 Å². The molecule has 0 saturated carbocycles. The molecule has 0 spiro atoms. The topological polar surface area (TPSA) is 59.4 Å². The second-order valence-corrected chi connectivity index (χ2v) is 11.3. The average Bonchev–Trinajstić information content (AvgIpc) is 2.34. The number of carboxylic acid groups (broad SMARTS) is 1. The summed E-state index contributed by atoms with van der Waals surface area (Å²) in [5.41, 5.74) is 0.769. The zero-order valence-electron chi connectivity index (χ0n) is 13.2. The Kier molecular flexibility index (Phi) is 5.10. The van der Waals surface area contributed by atoms with Crippen molar-refractivity contribution in [2.75, 3.05) is 0 Å². The summed E-state index contributed by atoms with van der Waals surface area (Å²) in [6, 6.07) is 3.23. The van der Waals surface area contributed by atoms with Crippen molar-refractivity contribution in [3.05, 3.63) is 29.6 Å². The average molecular weight is 295 g/mol. The molecular weight excluding hydrogens is 270 g/mol. The van der Waals surface area contributed by atoms with Gasteiger partial charge in [-0.2, -0.15) is 0 Å². The highest BCUT2D eigenvalue weighted by Crippen LogP contribution is 2.40. The third-order valence-corrected chi connectivity index (χ3v) is 8.47. The van der Waals surface area contributed by atoms with E-state index in [1.54, 1.807) is 18.3 Å². The second kappa shape index (κ2) is 6.05. The Balaban J connectivity index is 3.13. The molecule has 5 heteroatoms. The predicted octanol–water partition coefficient (Wildman–Crippen LogP) is 4.25. The molecule has 0 fully saturated rings. The molecule has 1 aromatic heterocycles. The van der Waals surface area contributed by atoms with Crippen LogP contribution in [0.4, 0.5) is 0 Å². The van der Waals surface area contributed by atoms with Gasteiger partial charge in [-0.05, 0) is 36.7 Å². The third-order valence-electron chi connectivity index (χ3n) is 3.99. The zero-order valence-corrected chi connectivity index (χ0v) is 14.2. The lowest BCUT2D eigenvalue weighted by Gasteiger charge is -2.39. The van der Waals surface area contributed by atoms with Crippen LogP contribution in [0.25, 0.3) is 0 Å². The Hall–Kier alpha value is -1.20. The van der Waals surface area contributed by atoms with Gasteiger partial charge in [0.25, 0.3) is 0 Å². The highest BCUT2D eigenvalue weighted by Gasteiger charge is 2.39. The molecule has 0 aromatic carbocycles. The maximum absolute atomic E-state index is 11.3. The van der Waals surface area contributed by atoms with Crippen LogP contribution in [0.1, 0.15) is 56.3 Å². The third kappa shape index (κ3) is 3.67.